The molecule has 0 atom stereocenters. The van der Waals surface area contributed by atoms with Crippen molar-refractivity contribution in [3.05, 3.63) is 47.3 Å². The summed E-state index contributed by atoms with van der Waals surface area (Å²) >= 11 is 0. The summed E-state index contributed by atoms with van der Waals surface area (Å²) in [7, 11) is 1.63. The molecule has 0 bridgehead atoms. The van der Waals surface area contributed by atoms with E-state index in [4.69, 9.17) is 4.74 Å². The van der Waals surface area contributed by atoms with Gasteiger partial charge in [0.25, 0.3) is 0 Å². The van der Waals surface area contributed by atoms with Crippen molar-refractivity contribution in [3.8, 4) is 5.75 Å². The number of carbonyl (C=O) groups excluding carboxylic acids is 1. The summed E-state index contributed by atoms with van der Waals surface area (Å²) in [6.07, 6.45) is 1.80. The monoisotopic (exact) mass is 269 g/mol. The van der Waals surface area contributed by atoms with Gasteiger partial charge in [-0.2, -0.15) is 0 Å². The zero-order valence-electron chi connectivity index (χ0n) is 11.4. The molecule has 0 radical (unpaired) electrons. The third-order valence-corrected chi connectivity index (χ3v) is 3.33. The number of aromatic amines is 1. The predicted octanol–water partition coefficient (Wildman–Crippen LogP) is 2.12. The Hall–Kier alpha value is -2.56. The van der Waals surface area contributed by atoms with E-state index in [2.05, 4.69) is 15.3 Å². The van der Waals surface area contributed by atoms with Crippen LogP contribution in [0.15, 0.2) is 35.5 Å². The Morgan fingerprint density at radius 1 is 1.25 bits per heavy atom. The standard InChI is InChI=1S/C15H15N3O2/c1-9-14-12(7-16-9)18-13(19)8-17-15(14)10-3-5-11(20-2)6-4-10/h3-7,16H,8H2,1-2H3,(H,18,19). The Morgan fingerprint density at radius 3 is 2.70 bits per heavy atom. The van der Waals surface area contributed by atoms with E-state index >= 15 is 0 Å². The highest BCUT2D eigenvalue weighted by Crippen LogP contribution is 2.26. The molecular formula is C15H15N3O2. The molecule has 20 heavy (non-hydrogen) atoms. The summed E-state index contributed by atoms with van der Waals surface area (Å²) in [5.74, 6) is 0.692. The number of hydrogen-bond acceptors (Lipinski definition) is 3. The van der Waals surface area contributed by atoms with Crippen molar-refractivity contribution in [2.24, 2.45) is 4.99 Å². The van der Waals surface area contributed by atoms with E-state index in [9.17, 15) is 4.79 Å². The molecule has 0 unspecified atom stereocenters. The van der Waals surface area contributed by atoms with E-state index in [0.717, 1.165) is 34.0 Å². The first-order valence-electron chi connectivity index (χ1n) is 6.36. The van der Waals surface area contributed by atoms with Gasteiger partial charge >= 0.3 is 0 Å². The largest absolute Gasteiger partial charge is 0.497 e. The number of carbonyl (C=O) groups is 1. The Labute approximate surface area is 116 Å². The fraction of sp³-hybridized carbons (Fsp3) is 0.200. The minimum Gasteiger partial charge on any atom is -0.497 e. The van der Waals surface area contributed by atoms with Gasteiger partial charge in [-0.3, -0.25) is 9.79 Å². The fourth-order valence-corrected chi connectivity index (χ4v) is 2.33. The highest BCUT2D eigenvalue weighted by atomic mass is 16.5. The molecule has 1 aromatic heterocycles. The van der Waals surface area contributed by atoms with Gasteiger partial charge in [0.1, 0.15) is 12.3 Å². The minimum atomic E-state index is -0.103. The maximum atomic E-state index is 11.7. The predicted molar refractivity (Wildman–Crippen MR) is 77.7 cm³/mol. The number of anilines is 1. The van der Waals surface area contributed by atoms with E-state index in [1.54, 1.807) is 13.3 Å². The lowest BCUT2D eigenvalue weighted by molar-refractivity contribution is -0.114. The number of hydrogen-bond donors (Lipinski definition) is 2. The minimum absolute atomic E-state index is 0.103. The van der Waals surface area contributed by atoms with Crippen LogP contribution in [-0.2, 0) is 4.79 Å². The molecule has 102 valence electrons. The molecule has 1 aliphatic heterocycles. The van der Waals surface area contributed by atoms with Gasteiger partial charge in [0.15, 0.2) is 0 Å². The maximum absolute atomic E-state index is 11.7. The number of aryl methyl sites for hydroxylation is 1. The van der Waals surface area contributed by atoms with Gasteiger partial charge in [0.05, 0.1) is 18.5 Å². The molecule has 2 aromatic rings. The number of methoxy groups -OCH3 is 1. The lowest BCUT2D eigenvalue weighted by atomic mass is 10.0. The highest BCUT2D eigenvalue weighted by molar-refractivity contribution is 6.19. The third-order valence-electron chi connectivity index (χ3n) is 3.33. The molecule has 1 aliphatic rings. The fourth-order valence-electron chi connectivity index (χ4n) is 2.33. The SMILES string of the molecule is COc1ccc(C2=NCC(=O)Nc3c[nH]c(C)c32)cc1. The van der Waals surface area contributed by atoms with Gasteiger partial charge in [-0.05, 0) is 31.2 Å². The number of ether oxygens (including phenoxy) is 1. The molecule has 2 N–H and O–H groups in total. The maximum Gasteiger partial charge on any atom is 0.246 e. The van der Waals surface area contributed by atoms with Crippen LogP contribution in [0.4, 0.5) is 5.69 Å². The summed E-state index contributed by atoms with van der Waals surface area (Å²) in [5.41, 5.74) is 4.49. The van der Waals surface area contributed by atoms with Crippen LogP contribution in [0.25, 0.3) is 0 Å². The van der Waals surface area contributed by atoms with Crippen LogP contribution < -0.4 is 10.1 Å². The lowest BCUT2D eigenvalue weighted by Gasteiger charge is -2.08. The van der Waals surface area contributed by atoms with Crippen LogP contribution in [0.5, 0.6) is 5.75 Å². The highest BCUT2D eigenvalue weighted by Gasteiger charge is 2.21. The second-order valence-corrected chi connectivity index (χ2v) is 4.64. The van der Waals surface area contributed by atoms with Gasteiger partial charge in [-0.15, -0.1) is 0 Å². The van der Waals surface area contributed by atoms with Crippen LogP contribution in [-0.4, -0.2) is 30.3 Å². The molecule has 0 spiro atoms. The quantitative estimate of drug-likeness (QED) is 0.877. The molecule has 0 aliphatic carbocycles. The number of amides is 1. The van der Waals surface area contributed by atoms with Crippen molar-refractivity contribution in [2.75, 3.05) is 19.0 Å². The zero-order valence-corrected chi connectivity index (χ0v) is 11.4. The number of H-pyrrole nitrogens is 1. The molecule has 0 saturated heterocycles. The summed E-state index contributed by atoms with van der Waals surface area (Å²) in [6, 6.07) is 7.67. The molecule has 5 heteroatoms. The van der Waals surface area contributed by atoms with Gasteiger partial charge in [-0.25, -0.2) is 0 Å². The molecule has 0 fully saturated rings. The van der Waals surface area contributed by atoms with E-state index in [1.807, 2.05) is 31.2 Å². The Kier molecular flexibility index (Phi) is 3.02. The van der Waals surface area contributed by atoms with Gasteiger partial charge in [0.2, 0.25) is 5.91 Å². The molecule has 0 saturated carbocycles. The second-order valence-electron chi connectivity index (χ2n) is 4.64. The van der Waals surface area contributed by atoms with Gasteiger partial charge in [-0.1, -0.05) is 0 Å². The zero-order chi connectivity index (χ0) is 14.1. The summed E-state index contributed by atoms with van der Waals surface area (Å²) in [4.78, 5) is 19.3. The summed E-state index contributed by atoms with van der Waals surface area (Å²) in [6.45, 7) is 2.10. The first-order chi connectivity index (χ1) is 9.69. The van der Waals surface area contributed by atoms with Crippen LogP contribution in [0.1, 0.15) is 16.8 Å². The van der Waals surface area contributed by atoms with Crippen LogP contribution in [0.2, 0.25) is 0 Å². The first-order valence-corrected chi connectivity index (χ1v) is 6.36. The molecule has 1 aromatic carbocycles. The Balaban J connectivity index is 2.11. The number of aliphatic imine (C=N–C) groups is 1. The third kappa shape index (κ3) is 2.07. The van der Waals surface area contributed by atoms with E-state index < -0.39 is 0 Å². The van der Waals surface area contributed by atoms with E-state index in [0.29, 0.717) is 0 Å². The van der Waals surface area contributed by atoms with Crippen LogP contribution in [0.3, 0.4) is 0 Å². The van der Waals surface area contributed by atoms with Crippen molar-refractivity contribution in [2.45, 2.75) is 6.92 Å². The number of nitrogens with zero attached hydrogens (tertiary/aromatic N) is 1. The van der Waals surface area contributed by atoms with Crippen molar-refractivity contribution in [3.63, 3.8) is 0 Å². The molecule has 1 amide bonds. The van der Waals surface area contributed by atoms with Gasteiger partial charge < -0.3 is 15.0 Å². The molecule has 5 nitrogen and oxygen atoms in total. The smallest absolute Gasteiger partial charge is 0.246 e. The van der Waals surface area contributed by atoms with Crippen molar-refractivity contribution < 1.29 is 9.53 Å². The topological polar surface area (TPSA) is 66.5 Å². The number of aromatic nitrogens is 1. The number of benzene rings is 1. The number of rotatable bonds is 2. The Morgan fingerprint density at radius 2 is 2.00 bits per heavy atom. The number of nitrogens with one attached hydrogen (secondary N) is 2. The Bertz CT molecular complexity index is 684. The molecule has 3 rings (SSSR count). The molecular weight excluding hydrogens is 254 g/mol. The average Bonchev–Trinajstić information content (AvgIpc) is 2.72. The second kappa shape index (κ2) is 4.85. The van der Waals surface area contributed by atoms with Crippen LogP contribution in [0, 0.1) is 6.92 Å². The van der Waals surface area contributed by atoms with E-state index in [1.165, 1.54) is 0 Å². The van der Waals surface area contributed by atoms with Gasteiger partial charge in [0, 0.05) is 23.0 Å². The van der Waals surface area contributed by atoms with Crippen LogP contribution >= 0.6 is 0 Å². The average molecular weight is 269 g/mol. The normalized spacial score (nSPS) is 14.1. The van der Waals surface area contributed by atoms with Crippen molar-refractivity contribution in [1.82, 2.24) is 4.98 Å². The van der Waals surface area contributed by atoms with Crippen molar-refractivity contribution >= 4 is 17.3 Å². The summed E-state index contributed by atoms with van der Waals surface area (Å²) < 4.78 is 5.16. The molecule has 2 heterocycles. The van der Waals surface area contributed by atoms with Crippen molar-refractivity contribution in [1.29, 1.82) is 0 Å². The first kappa shape index (κ1) is 12.5. The summed E-state index contributed by atoms with van der Waals surface area (Å²) in [5, 5.41) is 2.86. The number of fused-ring (bicyclic) bond motifs is 1. The van der Waals surface area contributed by atoms with E-state index in [-0.39, 0.29) is 12.5 Å². The lowest BCUT2D eigenvalue weighted by Crippen LogP contribution is -2.12.